The molecule has 1 fully saturated rings. The highest BCUT2D eigenvalue weighted by Gasteiger charge is 2.17. The second-order valence-electron chi connectivity index (χ2n) is 5.54. The van der Waals surface area contributed by atoms with Crippen LogP contribution >= 0.6 is 11.8 Å². The summed E-state index contributed by atoms with van der Waals surface area (Å²) in [7, 11) is -3.07. The third-order valence-electron chi connectivity index (χ3n) is 3.33. The molecule has 0 spiro atoms. The maximum atomic E-state index is 11.8. The minimum absolute atomic E-state index is 0.258. The minimum Gasteiger partial charge on any atom is -0.315 e. The molecule has 0 radical (unpaired) electrons. The Balaban J connectivity index is 2.09. The van der Waals surface area contributed by atoms with Crippen LogP contribution in [0.1, 0.15) is 39.5 Å². The van der Waals surface area contributed by atoms with E-state index in [9.17, 15) is 8.42 Å². The van der Waals surface area contributed by atoms with Crippen LogP contribution in [0.5, 0.6) is 0 Å². The Bertz CT molecular complexity index is 326. The maximum Gasteiger partial charge on any atom is 0.211 e. The summed E-state index contributed by atoms with van der Waals surface area (Å²) in [6.07, 6.45) is 3.94. The molecule has 0 aromatic carbocycles. The van der Waals surface area contributed by atoms with Gasteiger partial charge in [-0.3, -0.25) is 0 Å². The fourth-order valence-corrected chi connectivity index (χ4v) is 4.50. The predicted molar refractivity (Wildman–Crippen MR) is 84.2 cm³/mol. The largest absolute Gasteiger partial charge is 0.315 e. The Morgan fingerprint density at radius 2 is 1.89 bits per heavy atom. The lowest BCUT2D eigenvalue weighted by molar-refractivity contribution is 0.476. The topological polar surface area (TPSA) is 58.2 Å². The van der Waals surface area contributed by atoms with Gasteiger partial charge in [-0.15, -0.1) is 0 Å². The van der Waals surface area contributed by atoms with E-state index in [0.717, 1.165) is 32.2 Å². The average molecular weight is 309 g/mol. The molecule has 2 N–H and O–H groups in total. The fourth-order valence-electron chi connectivity index (χ4n) is 2.08. The molecule has 0 aromatic rings. The molecule has 0 aliphatic carbocycles. The van der Waals surface area contributed by atoms with Gasteiger partial charge in [0.15, 0.2) is 0 Å². The normalized spacial score (nSPS) is 18.1. The molecule has 4 nitrogen and oxygen atoms in total. The highest BCUT2D eigenvalue weighted by molar-refractivity contribution is 7.99. The standard InChI is InChI=1S/C13H28N2O2S2/c1-12(2)14-7-3-4-10-19(16,17)15-11-13-5-8-18-9-6-13/h12-15H,3-11H2,1-2H3. The minimum atomic E-state index is -3.07. The second-order valence-corrected chi connectivity index (χ2v) is 8.69. The van der Waals surface area contributed by atoms with Gasteiger partial charge in [-0.2, -0.15) is 11.8 Å². The van der Waals surface area contributed by atoms with Crippen molar-refractivity contribution in [2.45, 2.75) is 45.6 Å². The summed E-state index contributed by atoms with van der Waals surface area (Å²) in [5.41, 5.74) is 0. The maximum absolute atomic E-state index is 11.8. The van der Waals surface area contributed by atoms with Crippen LogP contribution in [0.2, 0.25) is 0 Å². The Morgan fingerprint density at radius 1 is 1.21 bits per heavy atom. The zero-order chi connectivity index (χ0) is 14.1. The Hall–Kier alpha value is 0.220. The highest BCUT2D eigenvalue weighted by atomic mass is 32.2. The van der Waals surface area contributed by atoms with Gasteiger partial charge in [-0.1, -0.05) is 13.8 Å². The number of hydrogen-bond acceptors (Lipinski definition) is 4. The molecule has 0 saturated carbocycles. The van der Waals surface area contributed by atoms with E-state index in [1.807, 2.05) is 11.8 Å². The number of rotatable bonds is 9. The van der Waals surface area contributed by atoms with Crippen molar-refractivity contribution in [3.63, 3.8) is 0 Å². The number of nitrogens with one attached hydrogen (secondary N) is 2. The van der Waals surface area contributed by atoms with Crippen molar-refractivity contribution in [1.82, 2.24) is 10.0 Å². The van der Waals surface area contributed by atoms with Crippen molar-refractivity contribution in [2.24, 2.45) is 5.92 Å². The SMILES string of the molecule is CC(C)NCCCCS(=O)(=O)NCC1CCSCC1. The first-order chi connectivity index (χ1) is 8.99. The quantitative estimate of drug-likeness (QED) is 0.638. The molecule has 19 heavy (non-hydrogen) atoms. The zero-order valence-electron chi connectivity index (χ0n) is 12.2. The third-order valence-corrected chi connectivity index (χ3v) is 5.81. The number of unbranched alkanes of at least 4 members (excludes halogenated alkanes) is 1. The van der Waals surface area contributed by atoms with E-state index in [-0.39, 0.29) is 5.75 Å². The van der Waals surface area contributed by atoms with E-state index in [1.54, 1.807) is 0 Å². The highest BCUT2D eigenvalue weighted by Crippen LogP contribution is 2.22. The molecule has 1 aliphatic heterocycles. The van der Waals surface area contributed by atoms with Crippen molar-refractivity contribution in [3.8, 4) is 0 Å². The van der Waals surface area contributed by atoms with Gasteiger partial charge >= 0.3 is 0 Å². The summed E-state index contributed by atoms with van der Waals surface area (Å²) >= 11 is 1.97. The molecule has 1 rings (SSSR count). The van der Waals surface area contributed by atoms with Crippen molar-refractivity contribution in [2.75, 3.05) is 30.3 Å². The van der Waals surface area contributed by atoms with Crippen LogP contribution in [0.15, 0.2) is 0 Å². The summed E-state index contributed by atoms with van der Waals surface area (Å²) in [4.78, 5) is 0. The van der Waals surface area contributed by atoms with E-state index >= 15 is 0 Å². The molecule has 0 amide bonds. The van der Waals surface area contributed by atoms with Gasteiger partial charge in [-0.25, -0.2) is 13.1 Å². The van der Waals surface area contributed by atoms with Gasteiger partial charge in [0, 0.05) is 12.6 Å². The van der Waals surface area contributed by atoms with Crippen LogP contribution in [0.3, 0.4) is 0 Å². The summed E-state index contributed by atoms with van der Waals surface area (Å²) in [6, 6.07) is 0.471. The number of hydrogen-bond donors (Lipinski definition) is 2. The first-order valence-corrected chi connectivity index (χ1v) is 10.1. The zero-order valence-corrected chi connectivity index (χ0v) is 13.8. The smallest absolute Gasteiger partial charge is 0.211 e. The van der Waals surface area contributed by atoms with E-state index in [0.29, 0.717) is 18.5 Å². The van der Waals surface area contributed by atoms with E-state index in [2.05, 4.69) is 23.9 Å². The van der Waals surface area contributed by atoms with Crippen molar-refractivity contribution < 1.29 is 8.42 Å². The fraction of sp³-hybridized carbons (Fsp3) is 1.00. The molecule has 1 aliphatic rings. The second kappa shape index (κ2) is 9.21. The Kier molecular flexibility index (Phi) is 8.37. The van der Waals surface area contributed by atoms with Crippen molar-refractivity contribution >= 4 is 21.8 Å². The van der Waals surface area contributed by atoms with Crippen LogP contribution in [-0.2, 0) is 10.0 Å². The number of sulfonamides is 1. The third kappa shape index (κ3) is 8.89. The van der Waals surface area contributed by atoms with Gasteiger partial charge in [-0.05, 0) is 49.7 Å². The monoisotopic (exact) mass is 308 g/mol. The lowest BCUT2D eigenvalue weighted by Crippen LogP contribution is -2.33. The predicted octanol–water partition coefficient (Wildman–Crippen LogP) is 1.83. The molecular formula is C13H28N2O2S2. The van der Waals surface area contributed by atoms with Gasteiger partial charge in [0.25, 0.3) is 0 Å². The van der Waals surface area contributed by atoms with Gasteiger partial charge in [0.2, 0.25) is 10.0 Å². The van der Waals surface area contributed by atoms with Gasteiger partial charge in [0.1, 0.15) is 0 Å². The lowest BCUT2D eigenvalue weighted by atomic mass is 10.0. The molecular weight excluding hydrogens is 280 g/mol. The lowest BCUT2D eigenvalue weighted by Gasteiger charge is -2.21. The summed E-state index contributed by atoms with van der Waals surface area (Å²) in [5, 5.41) is 3.30. The molecule has 0 aromatic heterocycles. The van der Waals surface area contributed by atoms with Crippen LogP contribution in [-0.4, -0.2) is 44.8 Å². The summed E-state index contributed by atoms with van der Waals surface area (Å²) < 4.78 is 26.4. The molecule has 0 bridgehead atoms. The summed E-state index contributed by atoms with van der Waals surface area (Å²) in [6.45, 7) is 5.72. The van der Waals surface area contributed by atoms with Crippen LogP contribution in [0, 0.1) is 5.92 Å². The molecule has 0 unspecified atom stereocenters. The van der Waals surface area contributed by atoms with Crippen molar-refractivity contribution in [3.05, 3.63) is 0 Å². The average Bonchev–Trinajstić information content (AvgIpc) is 2.37. The number of thioether (sulfide) groups is 1. The van der Waals surface area contributed by atoms with E-state index in [4.69, 9.17) is 0 Å². The van der Waals surface area contributed by atoms with Gasteiger partial charge < -0.3 is 5.32 Å². The van der Waals surface area contributed by atoms with Crippen molar-refractivity contribution in [1.29, 1.82) is 0 Å². The van der Waals surface area contributed by atoms with Crippen LogP contribution in [0.25, 0.3) is 0 Å². The first kappa shape index (κ1) is 17.3. The van der Waals surface area contributed by atoms with E-state index < -0.39 is 10.0 Å². The van der Waals surface area contributed by atoms with Gasteiger partial charge in [0.05, 0.1) is 5.75 Å². The molecule has 1 heterocycles. The first-order valence-electron chi connectivity index (χ1n) is 7.28. The molecule has 1 saturated heterocycles. The molecule has 114 valence electrons. The summed E-state index contributed by atoms with van der Waals surface area (Å²) in [5.74, 6) is 3.15. The Morgan fingerprint density at radius 3 is 2.53 bits per heavy atom. The molecule has 6 heteroatoms. The van der Waals surface area contributed by atoms with Crippen LogP contribution < -0.4 is 10.0 Å². The Labute approximate surface area is 122 Å². The van der Waals surface area contributed by atoms with E-state index in [1.165, 1.54) is 11.5 Å². The molecule has 0 atom stereocenters. The van der Waals surface area contributed by atoms with Crippen LogP contribution in [0.4, 0.5) is 0 Å².